The highest BCUT2D eigenvalue weighted by molar-refractivity contribution is 7.98. The quantitative estimate of drug-likeness (QED) is 0.450. The molecule has 1 rings (SSSR count). The fraction of sp³-hybridized carbons (Fsp3) is 0. The van der Waals surface area contributed by atoms with E-state index in [0.717, 1.165) is 16.8 Å². The van der Waals surface area contributed by atoms with Crippen LogP contribution < -0.4 is 11.5 Å². The zero-order valence-electron chi connectivity index (χ0n) is 7.88. The SMILES string of the molecule is C=NC(N)=NSc1cccc(C(N)=O)c1. The Morgan fingerprint density at radius 2 is 2.13 bits per heavy atom. The van der Waals surface area contributed by atoms with Crippen LogP contribution in [0.3, 0.4) is 0 Å². The van der Waals surface area contributed by atoms with Gasteiger partial charge in [-0.1, -0.05) is 6.07 Å². The van der Waals surface area contributed by atoms with Crippen molar-refractivity contribution in [1.29, 1.82) is 0 Å². The number of rotatable bonds is 3. The molecule has 1 amide bonds. The van der Waals surface area contributed by atoms with Crippen LogP contribution in [0.15, 0.2) is 38.6 Å². The molecule has 78 valence electrons. The van der Waals surface area contributed by atoms with Crippen LogP contribution in [0.5, 0.6) is 0 Å². The van der Waals surface area contributed by atoms with Crippen molar-refractivity contribution in [3.05, 3.63) is 29.8 Å². The second kappa shape index (κ2) is 5.16. The summed E-state index contributed by atoms with van der Waals surface area (Å²) in [4.78, 5) is 15.1. The van der Waals surface area contributed by atoms with Crippen LogP contribution in [0, 0.1) is 0 Å². The molecule has 0 aliphatic carbocycles. The van der Waals surface area contributed by atoms with Crippen molar-refractivity contribution in [2.24, 2.45) is 20.9 Å². The number of nitrogens with zero attached hydrogens (tertiary/aromatic N) is 2. The Morgan fingerprint density at radius 1 is 1.40 bits per heavy atom. The maximum atomic E-state index is 10.9. The number of guanidine groups is 1. The molecule has 4 N–H and O–H groups in total. The van der Waals surface area contributed by atoms with Crippen LogP contribution in [-0.2, 0) is 0 Å². The van der Waals surface area contributed by atoms with Gasteiger partial charge in [0.05, 0.1) is 0 Å². The van der Waals surface area contributed by atoms with Crippen molar-refractivity contribution >= 4 is 30.5 Å². The molecule has 0 bridgehead atoms. The summed E-state index contributed by atoms with van der Waals surface area (Å²) in [5.74, 6) is -0.388. The molecular weight excluding hydrogens is 212 g/mol. The Kier molecular flexibility index (Phi) is 3.87. The van der Waals surface area contributed by atoms with Crippen molar-refractivity contribution in [2.45, 2.75) is 4.90 Å². The van der Waals surface area contributed by atoms with Crippen molar-refractivity contribution in [3.8, 4) is 0 Å². The van der Waals surface area contributed by atoms with Gasteiger partial charge in [0, 0.05) is 22.4 Å². The van der Waals surface area contributed by atoms with Gasteiger partial charge in [0.2, 0.25) is 11.9 Å². The lowest BCUT2D eigenvalue weighted by Gasteiger charge is -1.98. The predicted molar refractivity (Wildman–Crippen MR) is 62.0 cm³/mol. The van der Waals surface area contributed by atoms with Crippen LogP contribution in [0.25, 0.3) is 0 Å². The molecule has 6 heteroatoms. The van der Waals surface area contributed by atoms with Crippen LogP contribution in [0.4, 0.5) is 0 Å². The fourth-order valence-corrected chi connectivity index (χ4v) is 1.41. The number of aliphatic imine (C=N–C) groups is 1. The zero-order chi connectivity index (χ0) is 11.3. The van der Waals surface area contributed by atoms with Crippen LogP contribution in [-0.4, -0.2) is 18.6 Å². The number of benzene rings is 1. The molecule has 1 aromatic carbocycles. The first-order valence-corrected chi connectivity index (χ1v) is 4.78. The van der Waals surface area contributed by atoms with E-state index in [-0.39, 0.29) is 5.96 Å². The van der Waals surface area contributed by atoms with Gasteiger partial charge in [-0.05, 0) is 24.9 Å². The summed E-state index contributed by atoms with van der Waals surface area (Å²) in [5.41, 5.74) is 10.9. The first kappa shape index (κ1) is 11.3. The molecule has 5 nitrogen and oxygen atoms in total. The average molecular weight is 222 g/mol. The summed E-state index contributed by atoms with van der Waals surface area (Å²) in [5, 5.41) is 0. The number of hydrogen-bond donors (Lipinski definition) is 2. The summed E-state index contributed by atoms with van der Waals surface area (Å²) in [6.45, 7) is 3.23. The molecule has 0 unspecified atom stereocenters. The van der Waals surface area contributed by atoms with Crippen molar-refractivity contribution in [3.63, 3.8) is 0 Å². The highest BCUT2D eigenvalue weighted by atomic mass is 32.2. The molecule has 1 aromatic rings. The molecule has 0 atom stereocenters. The van der Waals surface area contributed by atoms with Gasteiger partial charge in [0.1, 0.15) is 0 Å². The highest BCUT2D eigenvalue weighted by Crippen LogP contribution is 2.19. The Labute approximate surface area is 91.4 Å². The van der Waals surface area contributed by atoms with E-state index in [0.29, 0.717) is 5.56 Å². The first-order chi connectivity index (χ1) is 7.13. The lowest BCUT2D eigenvalue weighted by Crippen LogP contribution is -2.10. The van der Waals surface area contributed by atoms with Gasteiger partial charge in [0.25, 0.3) is 0 Å². The molecule has 15 heavy (non-hydrogen) atoms. The number of carbonyl (C=O) groups is 1. The van der Waals surface area contributed by atoms with Crippen molar-refractivity contribution in [2.75, 3.05) is 0 Å². The van der Waals surface area contributed by atoms with Gasteiger partial charge in [-0.25, -0.2) is 4.99 Å². The third-order valence-electron chi connectivity index (χ3n) is 1.53. The maximum absolute atomic E-state index is 10.9. The lowest BCUT2D eigenvalue weighted by molar-refractivity contribution is 0.1000. The minimum absolute atomic E-state index is 0.0875. The Hall–Kier alpha value is -1.82. The molecule has 0 radical (unpaired) electrons. The van der Waals surface area contributed by atoms with Gasteiger partial charge < -0.3 is 11.5 Å². The Morgan fingerprint density at radius 3 is 2.73 bits per heavy atom. The highest BCUT2D eigenvalue weighted by Gasteiger charge is 2.01. The molecule has 0 aliphatic heterocycles. The van der Waals surface area contributed by atoms with E-state index in [4.69, 9.17) is 11.5 Å². The Balaban J connectivity index is 2.82. The number of primary amides is 1. The summed E-state index contributed by atoms with van der Waals surface area (Å²) in [7, 11) is 0. The molecule has 0 spiro atoms. The molecule has 0 saturated heterocycles. The predicted octanol–water partition coefficient (Wildman–Crippen LogP) is 0.808. The normalized spacial score (nSPS) is 11.1. The van der Waals surface area contributed by atoms with Crippen LogP contribution >= 0.6 is 11.9 Å². The summed E-state index contributed by atoms with van der Waals surface area (Å²) < 4.78 is 3.84. The number of carbonyl (C=O) groups excluding carboxylic acids is 1. The maximum Gasteiger partial charge on any atom is 0.248 e. The van der Waals surface area contributed by atoms with E-state index < -0.39 is 5.91 Å². The minimum Gasteiger partial charge on any atom is -0.367 e. The van der Waals surface area contributed by atoms with Crippen molar-refractivity contribution < 1.29 is 4.79 Å². The van der Waals surface area contributed by atoms with E-state index in [9.17, 15) is 4.79 Å². The molecule has 0 saturated carbocycles. The van der Waals surface area contributed by atoms with E-state index in [2.05, 4.69) is 16.1 Å². The monoisotopic (exact) mass is 222 g/mol. The topological polar surface area (TPSA) is 93.8 Å². The molecule has 0 aliphatic rings. The van der Waals surface area contributed by atoms with Gasteiger partial charge in [-0.2, -0.15) is 4.40 Å². The standard InChI is InChI=1S/C9H10N4OS/c1-12-9(11)13-15-7-4-2-3-6(5-7)8(10)14/h2-5H,1H2,(H2,10,14)(H2,11,13). The van der Waals surface area contributed by atoms with Gasteiger partial charge in [-0.15, -0.1) is 0 Å². The summed E-state index contributed by atoms with van der Waals surface area (Å²) in [6, 6.07) is 6.77. The smallest absolute Gasteiger partial charge is 0.248 e. The molecule has 0 aromatic heterocycles. The summed E-state index contributed by atoms with van der Waals surface area (Å²) >= 11 is 1.11. The van der Waals surface area contributed by atoms with E-state index >= 15 is 0 Å². The third kappa shape index (κ3) is 3.43. The van der Waals surface area contributed by atoms with Gasteiger partial charge in [-0.3, -0.25) is 4.79 Å². The fourth-order valence-electron chi connectivity index (χ4n) is 0.834. The largest absolute Gasteiger partial charge is 0.367 e. The Bertz CT molecular complexity index is 416. The van der Waals surface area contributed by atoms with Gasteiger partial charge in [0.15, 0.2) is 0 Å². The molecule has 0 fully saturated rings. The number of nitrogens with two attached hydrogens (primary N) is 2. The summed E-state index contributed by atoms with van der Waals surface area (Å²) in [6.07, 6.45) is 0. The minimum atomic E-state index is -0.476. The van der Waals surface area contributed by atoms with Gasteiger partial charge >= 0.3 is 0 Å². The average Bonchev–Trinajstić information content (AvgIpc) is 2.26. The number of amides is 1. The van der Waals surface area contributed by atoms with Crippen LogP contribution in [0.2, 0.25) is 0 Å². The second-order valence-corrected chi connectivity index (χ2v) is 3.43. The molecule has 0 heterocycles. The van der Waals surface area contributed by atoms with E-state index in [1.807, 2.05) is 0 Å². The second-order valence-electron chi connectivity index (χ2n) is 2.59. The van der Waals surface area contributed by atoms with E-state index in [1.165, 1.54) is 0 Å². The number of hydrogen-bond acceptors (Lipinski definition) is 3. The zero-order valence-corrected chi connectivity index (χ0v) is 8.70. The third-order valence-corrected chi connectivity index (χ3v) is 2.27. The first-order valence-electron chi connectivity index (χ1n) is 4.00. The van der Waals surface area contributed by atoms with Crippen LogP contribution in [0.1, 0.15) is 10.4 Å². The van der Waals surface area contributed by atoms with E-state index in [1.54, 1.807) is 24.3 Å². The van der Waals surface area contributed by atoms with Crippen molar-refractivity contribution in [1.82, 2.24) is 0 Å². The molecular formula is C9H10N4OS. The lowest BCUT2D eigenvalue weighted by atomic mass is 10.2.